The van der Waals surface area contributed by atoms with E-state index in [4.69, 9.17) is 5.41 Å². The van der Waals surface area contributed by atoms with E-state index in [1.54, 1.807) is 20.1 Å². The smallest absolute Gasteiger partial charge is 0.353 e. The quantitative estimate of drug-likeness (QED) is 0.338. The lowest BCUT2D eigenvalue weighted by molar-refractivity contribution is -0.161. The molecule has 10 heteroatoms. The van der Waals surface area contributed by atoms with E-state index in [-0.39, 0.29) is 28.1 Å². The number of carboxylic acids is 1. The fraction of sp³-hybridized carbons (Fsp3) is 0.688. The summed E-state index contributed by atoms with van der Waals surface area (Å²) in [6, 6.07) is -0.316. The molecule has 0 spiro atoms. The first-order chi connectivity index (χ1) is 12.1. The molecule has 3 rings (SSSR count). The number of nitrogens with zero attached hydrogens (tertiary/aromatic N) is 2. The largest absolute Gasteiger partial charge is 0.477 e. The average Bonchev–Trinajstić information content (AvgIpc) is 3.07. The van der Waals surface area contributed by atoms with Crippen LogP contribution < -0.4 is 0 Å². The number of aliphatic hydroxyl groups excluding tert-OH is 1. The minimum absolute atomic E-state index is 0.00689. The predicted octanol–water partition coefficient (Wildman–Crippen LogP) is 0.0558. The minimum atomic E-state index is -1.15. The topological polar surface area (TPSA) is 122 Å². The van der Waals surface area contributed by atoms with Gasteiger partial charge in [0.15, 0.2) is 0 Å². The number of aliphatic hydroxyl groups is 1. The molecule has 0 aliphatic carbocycles. The highest BCUT2D eigenvalue weighted by Gasteiger charge is 2.57. The van der Waals surface area contributed by atoms with E-state index in [2.05, 4.69) is 0 Å². The third kappa shape index (κ3) is 3.07. The van der Waals surface area contributed by atoms with Gasteiger partial charge in [-0.2, -0.15) is 0 Å². The molecular formula is C16H23N3O5S2. The summed E-state index contributed by atoms with van der Waals surface area (Å²) in [6.07, 6.45) is 1.21. The Morgan fingerprint density at radius 3 is 2.58 bits per heavy atom. The maximum absolute atomic E-state index is 12.3. The molecule has 0 radical (unpaired) electrons. The number of rotatable bonds is 5. The number of likely N-dealkylation sites (tertiary alicyclic amines) is 1. The molecule has 26 heavy (non-hydrogen) atoms. The normalized spacial score (nSPS) is 33.2. The van der Waals surface area contributed by atoms with Gasteiger partial charge in [0.25, 0.3) is 0 Å². The summed E-state index contributed by atoms with van der Waals surface area (Å²) in [6.45, 7) is 4.26. The molecule has 3 heterocycles. The zero-order valence-electron chi connectivity index (χ0n) is 14.8. The summed E-state index contributed by atoms with van der Waals surface area (Å²) in [7, 11) is -1.10. The molecule has 0 aromatic carbocycles. The molecule has 5 unspecified atom stereocenters. The maximum atomic E-state index is 12.3. The summed E-state index contributed by atoms with van der Waals surface area (Å²) in [5.41, 5.74) is -0.00689. The molecule has 3 N–H and O–H groups in total. The molecule has 6 atom stereocenters. The fourth-order valence-electron chi connectivity index (χ4n) is 3.97. The van der Waals surface area contributed by atoms with E-state index in [1.807, 2.05) is 4.90 Å². The standard InChI is InChI=1S/C16H23N3O5S2/c1-7(20)13-9-4-10(14(16(22)23)19(9)15(13)21)25-11-5-18(8(2)17)6-12(11)26(3)24/h7,9,11-13,17,20H,4-6H2,1-3H3,(H,22,23)/t7?,9-,11?,12?,13?,26?/m1/s1. The number of carboxylic acid groups (broad SMARTS) is 1. The Hall–Kier alpha value is -1.39. The van der Waals surface area contributed by atoms with Crippen molar-refractivity contribution in [1.82, 2.24) is 9.80 Å². The van der Waals surface area contributed by atoms with E-state index < -0.39 is 28.8 Å². The van der Waals surface area contributed by atoms with Crippen molar-refractivity contribution in [2.24, 2.45) is 5.92 Å². The van der Waals surface area contributed by atoms with Crippen LogP contribution in [0.15, 0.2) is 10.6 Å². The van der Waals surface area contributed by atoms with E-state index in [1.165, 1.54) is 16.7 Å². The second kappa shape index (κ2) is 6.97. The number of amidine groups is 1. The van der Waals surface area contributed by atoms with Crippen molar-refractivity contribution in [3.8, 4) is 0 Å². The van der Waals surface area contributed by atoms with Crippen LogP contribution in [-0.2, 0) is 20.4 Å². The lowest BCUT2D eigenvalue weighted by Gasteiger charge is -2.44. The molecule has 3 aliphatic heterocycles. The van der Waals surface area contributed by atoms with Crippen LogP contribution in [0.25, 0.3) is 0 Å². The number of hydrogen-bond acceptors (Lipinski definition) is 6. The van der Waals surface area contributed by atoms with Gasteiger partial charge in [-0.1, -0.05) is 0 Å². The Morgan fingerprint density at radius 1 is 1.42 bits per heavy atom. The summed E-state index contributed by atoms with van der Waals surface area (Å²) < 4.78 is 12.1. The number of fused-ring (bicyclic) bond motifs is 1. The van der Waals surface area contributed by atoms with Crippen LogP contribution in [0.5, 0.6) is 0 Å². The second-order valence-corrected chi connectivity index (χ2v) is 9.94. The zero-order valence-corrected chi connectivity index (χ0v) is 16.5. The second-order valence-electron chi connectivity index (χ2n) is 7.01. The molecule has 2 saturated heterocycles. The number of aliphatic carboxylic acids is 1. The van der Waals surface area contributed by atoms with E-state index in [0.29, 0.717) is 30.3 Å². The van der Waals surface area contributed by atoms with Crippen LogP contribution in [0, 0.1) is 11.3 Å². The Bertz CT molecular complexity index is 723. The number of amides is 1. The first kappa shape index (κ1) is 19.4. The summed E-state index contributed by atoms with van der Waals surface area (Å²) in [4.78, 5) is 27.8. The van der Waals surface area contributed by atoms with E-state index in [0.717, 1.165) is 0 Å². The molecule has 1 amide bonds. The van der Waals surface area contributed by atoms with E-state index in [9.17, 15) is 24.0 Å². The van der Waals surface area contributed by atoms with Gasteiger partial charge in [0.1, 0.15) is 5.70 Å². The van der Waals surface area contributed by atoms with Crippen LogP contribution in [0.3, 0.4) is 0 Å². The average molecular weight is 402 g/mol. The number of β-lactam (4-membered cyclic amide) rings is 1. The highest BCUT2D eigenvalue weighted by molar-refractivity contribution is 8.04. The number of nitrogens with one attached hydrogen (secondary N) is 1. The van der Waals surface area contributed by atoms with Crippen molar-refractivity contribution in [2.75, 3.05) is 19.3 Å². The number of hydrogen-bond donors (Lipinski definition) is 3. The Balaban J connectivity index is 1.84. The van der Waals surface area contributed by atoms with Gasteiger partial charge in [-0.15, -0.1) is 11.8 Å². The van der Waals surface area contributed by atoms with Gasteiger partial charge >= 0.3 is 5.97 Å². The van der Waals surface area contributed by atoms with Gasteiger partial charge in [0.05, 0.1) is 29.1 Å². The van der Waals surface area contributed by atoms with Crippen molar-refractivity contribution >= 4 is 40.3 Å². The lowest BCUT2D eigenvalue weighted by atomic mass is 9.83. The van der Waals surface area contributed by atoms with Crippen molar-refractivity contribution in [2.45, 2.75) is 42.9 Å². The van der Waals surface area contributed by atoms with Crippen LogP contribution in [0.4, 0.5) is 0 Å². The third-order valence-electron chi connectivity index (χ3n) is 5.30. The van der Waals surface area contributed by atoms with Crippen LogP contribution in [0.2, 0.25) is 0 Å². The Labute approximate surface area is 158 Å². The highest BCUT2D eigenvalue weighted by Crippen LogP contribution is 2.49. The van der Waals surface area contributed by atoms with Crippen LogP contribution in [0.1, 0.15) is 20.3 Å². The molecule has 0 bridgehead atoms. The molecule has 0 aromatic rings. The molecular weight excluding hydrogens is 378 g/mol. The first-order valence-electron chi connectivity index (χ1n) is 8.40. The fourth-order valence-corrected chi connectivity index (χ4v) is 6.93. The maximum Gasteiger partial charge on any atom is 0.353 e. The van der Waals surface area contributed by atoms with Crippen molar-refractivity contribution < 1.29 is 24.0 Å². The van der Waals surface area contributed by atoms with Gasteiger partial charge < -0.3 is 20.0 Å². The minimum Gasteiger partial charge on any atom is -0.477 e. The Morgan fingerprint density at radius 2 is 2.08 bits per heavy atom. The Kier molecular flexibility index (Phi) is 5.19. The zero-order chi connectivity index (χ0) is 19.3. The molecule has 0 saturated carbocycles. The number of thioether (sulfide) groups is 1. The van der Waals surface area contributed by atoms with Gasteiger partial charge in [-0.25, -0.2) is 4.79 Å². The van der Waals surface area contributed by atoms with Crippen molar-refractivity contribution in [3.05, 3.63) is 10.6 Å². The van der Waals surface area contributed by atoms with Crippen LogP contribution >= 0.6 is 11.8 Å². The SMILES string of the molecule is CC(=N)N1CC(SC2=C(C(=O)O)N3C(=O)C(C(C)O)[C@H]3C2)C(S(C)=O)C1. The first-order valence-corrected chi connectivity index (χ1v) is 10.9. The van der Waals surface area contributed by atoms with Gasteiger partial charge in [-0.05, 0) is 13.8 Å². The summed E-state index contributed by atoms with van der Waals surface area (Å²) in [5, 5.41) is 26.9. The highest BCUT2D eigenvalue weighted by atomic mass is 32.2. The molecule has 144 valence electrons. The molecule has 0 aromatic heterocycles. The van der Waals surface area contributed by atoms with E-state index >= 15 is 0 Å². The predicted molar refractivity (Wildman–Crippen MR) is 99.3 cm³/mol. The van der Waals surface area contributed by atoms with Crippen molar-refractivity contribution in [3.63, 3.8) is 0 Å². The van der Waals surface area contributed by atoms with Crippen molar-refractivity contribution in [1.29, 1.82) is 5.41 Å². The molecule has 2 fully saturated rings. The third-order valence-corrected chi connectivity index (χ3v) is 8.23. The van der Waals surface area contributed by atoms with Gasteiger partial charge in [0.2, 0.25) is 5.91 Å². The summed E-state index contributed by atoms with van der Waals surface area (Å²) >= 11 is 1.36. The molecule has 8 nitrogen and oxygen atoms in total. The number of carbonyl (C=O) groups excluding carboxylic acids is 1. The van der Waals surface area contributed by atoms with Crippen LogP contribution in [-0.4, -0.2) is 83.9 Å². The van der Waals surface area contributed by atoms with Gasteiger partial charge in [-0.3, -0.25) is 14.4 Å². The van der Waals surface area contributed by atoms with Gasteiger partial charge in [0, 0.05) is 46.7 Å². The lowest BCUT2D eigenvalue weighted by Crippen LogP contribution is -2.61. The monoisotopic (exact) mass is 401 g/mol. The number of carbonyl (C=O) groups is 2. The summed E-state index contributed by atoms with van der Waals surface area (Å²) in [5.74, 6) is -1.67. The molecule has 3 aliphatic rings.